The predicted molar refractivity (Wildman–Crippen MR) is 94.8 cm³/mol. The molecule has 21 heavy (non-hydrogen) atoms. The molecule has 0 amide bonds. The molecule has 118 valence electrons. The lowest BCUT2D eigenvalue weighted by Crippen LogP contribution is -2.35. The number of hydrogen-bond donors (Lipinski definition) is 1. The van der Waals surface area contributed by atoms with Crippen LogP contribution in [0.3, 0.4) is 0 Å². The summed E-state index contributed by atoms with van der Waals surface area (Å²) in [5.41, 5.74) is 7.37. The van der Waals surface area contributed by atoms with Crippen molar-refractivity contribution in [1.29, 1.82) is 0 Å². The van der Waals surface area contributed by atoms with Crippen LogP contribution in [-0.4, -0.2) is 24.5 Å². The standard InChI is InChI=1S/C17H26BrClN2/c1-2-3-13-6-9-21(10-7-13)11-8-17(20)15-5-4-14(18)12-16(15)19/h4-5,12-13,17H,2-3,6-11,20H2,1H3. The topological polar surface area (TPSA) is 29.3 Å². The van der Waals surface area contributed by atoms with Crippen LogP contribution >= 0.6 is 27.5 Å². The Hall–Kier alpha value is -0.0900. The Bertz CT molecular complexity index is 444. The van der Waals surface area contributed by atoms with Crippen LogP contribution in [0.2, 0.25) is 5.02 Å². The van der Waals surface area contributed by atoms with E-state index in [4.69, 9.17) is 17.3 Å². The number of piperidine rings is 1. The van der Waals surface area contributed by atoms with Gasteiger partial charge in [-0.25, -0.2) is 0 Å². The first-order chi connectivity index (χ1) is 10.1. The van der Waals surface area contributed by atoms with Gasteiger partial charge in [0.2, 0.25) is 0 Å². The summed E-state index contributed by atoms with van der Waals surface area (Å²) in [7, 11) is 0. The van der Waals surface area contributed by atoms with E-state index in [1.807, 2.05) is 18.2 Å². The van der Waals surface area contributed by atoms with Gasteiger partial charge in [-0.15, -0.1) is 0 Å². The monoisotopic (exact) mass is 372 g/mol. The molecule has 1 aliphatic heterocycles. The number of halogens is 2. The first kappa shape index (κ1) is 17.3. The van der Waals surface area contributed by atoms with Gasteiger partial charge in [0.15, 0.2) is 0 Å². The number of likely N-dealkylation sites (tertiary alicyclic amines) is 1. The second-order valence-electron chi connectivity index (χ2n) is 6.13. The molecule has 0 aromatic heterocycles. The normalized spacial score (nSPS) is 18.9. The lowest BCUT2D eigenvalue weighted by atomic mass is 9.92. The van der Waals surface area contributed by atoms with E-state index in [0.717, 1.165) is 33.9 Å². The Kier molecular flexibility index (Phi) is 7.00. The fourth-order valence-corrected chi connectivity index (χ4v) is 4.00. The van der Waals surface area contributed by atoms with E-state index in [2.05, 4.69) is 27.8 Å². The summed E-state index contributed by atoms with van der Waals surface area (Å²) in [5.74, 6) is 0.945. The number of hydrogen-bond acceptors (Lipinski definition) is 2. The average Bonchev–Trinajstić information content (AvgIpc) is 2.46. The maximum Gasteiger partial charge on any atom is 0.0464 e. The maximum absolute atomic E-state index is 6.31. The Morgan fingerprint density at radius 3 is 2.71 bits per heavy atom. The van der Waals surface area contributed by atoms with Crippen LogP contribution in [0.5, 0.6) is 0 Å². The summed E-state index contributed by atoms with van der Waals surface area (Å²) in [6.07, 6.45) is 6.38. The highest BCUT2D eigenvalue weighted by molar-refractivity contribution is 9.10. The maximum atomic E-state index is 6.31. The molecule has 1 aliphatic rings. The van der Waals surface area contributed by atoms with Crippen LogP contribution < -0.4 is 5.73 Å². The van der Waals surface area contributed by atoms with E-state index < -0.39 is 0 Å². The second-order valence-corrected chi connectivity index (χ2v) is 7.46. The molecule has 0 spiro atoms. The summed E-state index contributed by atoms with van der Waals surface area (Å²) in [6.45, 7) is 5.82. The first-order valence-corrected chi connectivity index (χ1v) is 9.20. The highest BCUT2D eigenvalue weighted by Gasteiger charge is 2.19. The fourth-order valence-electron chi connectivity index (χ4n) is 3.19. The molecule has 1 saturated heterocycles. The second kappa shape index (κ2) is 8.52. The van der Waals surface area contributed by atoms with Crippen molar-refractivity contribution in [2.24, 2.45) is 11.7 Å². The van der Waals surface area contributed by atoms with Gasteiger partial charge >= 0.3 is 0 Å². The minimum atomic E-state index is 0.0268. The van der Waals surface area contributed by atoms with Crippen LogP contribution in [0.15, 0.2) is 22.7 Å². The Morgan fingerprint density at radius 1 is 1.38 bits per heavy atom. The molecular weight excluding hydrogens is 348 g/mol. The zero-order chi connectivity index (χ0) is 15.2. The first-order valence-electron chi connectivity index (χ1n) is 8.03. The highest BCUT2D eigenvalue weighted by Crippen LogP contribution is 2.28. The molecule has 2 nitrogen and oxygen atoms in total. The van der Waals surface area contributed by atoms with E-state index in [-0.39, 0.29) is 6.04 Å². The molecule has 0 saturated carbocycles. The van der Waals surface area contributed by atoms with Gasteiger partial charge in [-0.05, 0) is 62.5 Å². The summed E-state index contributed by atoms with van der Waals surface area (Å²) in [6, 6.07) is 5.99. The largest absolute Gasteiger partial charge is 0.324 e. The van der Waals surface area contributed by atoms with Crippen molar-refractivity contribution in [3.63, 3.8) is 0 Å². The Morgan fingerprint density at radius 2 is 2.10 bits per heavy atom. The van der Waals surface area contributed by atoms with Crippen molar-refractivity contribution in [3.8, 4) is 0 Å². The van der Waals surface area contributed by atoms with Gasteiger partial charge < -0.3 is 10.6 Å². The smallest absolute Gasteiger partial charge is 0.0464 e. The lowest BCUT2D eigenvalue weighted by molar-refractivity contribution is 0.174. The summed E-state index contributed by atoms with van der Waals surface area (Å²) in [5, 5.41) is 0.763. The number of rotatable bonds is 6. The number of nitrogens with two attached hydrogens (primary N) is 1. The van der Waals surface area contributed by atoms with Gasteiger partial charge in [-0.2, -0.15) is 0 Å². The van der Waals surface area contributed by atoms with Crippen molar-refractivity contribution < 1.29 is 0 Å². The van der Waals surface area contributed by atoms with Gasteiger partial charge in [0.1, 0.15) is 0 Å². The molecule has 1 fully saturated rings. The van der Waals surface area contributed by atoms with Crippen LogP contribution in [0.4, 0.5) is 0 Å². The van der Waals surface area contributed by atoms with E-state index in [1.165, 1.54) is 38.8 Å². The molecule has 0 bridgehead atoms. The van der Waals surface area contributed by atoms with Crippen molar-refractivity contribution in [1.82, 2.24) is 4.90 Å². The van der Waals surface area contributed by atoms with E-state index in [1.54, 1.807) is 0 Å². The van der Waals surface area contributed by atoms with Gasteiger partial charge in [-0.1, -0.05) is 53.4 Å². The molecule has 2 N–H and O–H groups in total. The van der Waals surface area contributed by atoms with Gasteiger partial charge in [-0.3, -0.25) is 0 Å². The molecule has 1 unspecified atom stereocenters. The van der Waals surface area contributed by atoms with Crippen molar-refractivity contribution >= 4 is 27.5 Å². The quantitative estimate of drug-likeness (QED) is 0.760. The zero-order valence-corrected chi connectivity index (χ0v) is 15.2. The third-order valence-corrected chi connectivity index (χ3v) is 5.34. The third kappa shape index (κ3) is 5.24. The molecule has 2 rings (SSSR count). The Balaban J connectivity index is 1.78. The summed E-state index contributed by atoms with van der Waals surface area (Å²) < 4.78 is 1.00. The SMILES string of the molecule is CCCC1CCN(CCC(N)c2ccc(Br)cc2Cl)CC1. The molecule has 1 atom stereocenters. The van der Waals surface area contributed by atoms with Crippen LogP contribution in [-0.2, 0) is 0 Å². The third-order valence-electron chi connectivity index (χ3n) is 4.52. The van der Waals surface area contributed by atoms with Crippen LogP contribution in [0.1, 0.15) is 50.6 Å². The minimum absolute atomic E-state index is 0.0268. The van der Waals surface area contributed by atoms with E-state index in [9.17, 15) is 0 Å². The summed E-state index contributed by atoms with van der Waals surface area (Å²) >= 11 is 9.71. The lowest BCUT2D eigenvalue weighted by Gasteiger charge is -2.32. The van der Waals surface area contributed by atoms with Crippen LogP contribution in [0.25, 0.3) is 0 Å². The predicted octanol–water partition coefficient (Wildman–Crippen LogP) is 5.00. The van der Waals surface area contributed by atoms with E-state index in [0.29, 0.717) is 0 Å². The van der Waals surface area contributed by atoms with E-state index >= 15 is 0 Å². The zero-order valence-electron chi connectivity index (χ0n) is 12.8. The molecule has 0 aliphatic carbocycles. The average molecular weight is 374 g/mol. The summed E-state index contributed by atoms with van der Waals surface area (Å²) in [4.78, 5) is 2.55. The van der Waals surface area contributed by atoms with Crippen molar-refractivity contribution in [2.45, 2.75) is 45.1 Å². The Labute approximate surface area is 142 Å². The fraction of sp³-hybridized carbons (Fsp3) is 0.647. The van der Waals surface area contributed by atoms with Gasteiger partial charge in [0, 0.05) is 15.5 Å². The molecule has 0 radical (unpaired) electrons. The molecule has 4 heteroatoms. The number of nitrogens with zero attached hydrogens (tertiary/aromatic N) is 1. The van der Waals surface area contributed by atoms with Crippen LogP contribution in [0, 0.1) is 5.92 Å². The molecular formula is C17H26BrClN2. The van der Waals surface area contributed by atoms with Crippen molar-refractivity contribution in [2.75, 3.05) is 19.6 Å². The van der Waals surface area contributed by atoms with Gasteiger partial charge in [0.25, 0.3) is 0 Å². The number of benzene rings is 1. The van der Waals surface area contributed by atoms with Gasteiger partial charge in [0.05, 0.1) is 0 Å². The highest BCUT2D eigenvalue weighted by atomic mass is 79.9. The van der Waals surface area contributed by atoms with Crippen molar-refractivity contribution in [3.05, 3.63) is 33.3 Å². The molecule has 1 aromatic rings. The molecule has 1 heterocycles. The minimum Gasteiger partial charge on any atom is -0.324 e. The molecule has 1 aromatic carbocycles.